The van der Waals surface area contributed by atoms with E-state index >= 15 is 0 Å². The van der Waals surface area contributed by atoms with E-state index in [0.717, 1.165) is 11.0 Å². The molecule has 4 nitrogen and oxygen atoms in total. The molecule has 20 heavy (non-hydrogen) atoms. The summed E-state index contributed by atoms with van der Waals surface area (Å²) in [6.45, 7) is 6.14. The van der Waals surface area contributed by atoms with Gasteiger partial charge >= 0.3 is 0 Å². The summed E-state index contributed by atoms with van der Waals surface area (Å²) in [5.41, 5.74) is 1.60. The molecule has 1 aromatic heterocycles. The van der Waals surface area contributed by atoms with Crippen LogP contribution in [0.3, 0.4) is 0 Å². The van der Waals surface area contributed by atoms with Crippen molar-refractivity contribution in [2.24, 2.45) is 0 Å². The fourth-order valence-corrected chi connectivity index (χ4v) is 2.53. The predicted octanol–water partition coefficient (Wildman–Crippen LogP) is 3.69. The first-order valence-corrected chi connectivity index (χ1v) is 7.36. The smallest absolute Gasteiger partial charge is 0.242 e. The Bertz CT molecular complexity index is 637. The van der Waals surface area contributed by atoms with Crippen LogP contribution in [0.15, 0.2) is 18.2 Å². The quantitative estimate of drug-likeness (QED) is 0.875. The molecule has 1 heterocycles. The molecule has 0 saturated carbocycles. The third kappa shape index (κ3) is 2.76. The lowest BCUT2D eigenvalue weighted by Gasteiger charge is -2.18. The fraction of sp³-hybridized carbons (Fsp3) is 0.429. The lowest BCUT2D eigenvalue weighted by Crippen LogP contribution is -2.31. The summed E-state index contributed by atoms with van der Waals surface area (Å²) >= 11 is 12.2. The van der Waals surface area contributed by atoms with E-state index in [9.17, 15) is 4.79 Å². The van der Waals surface area contributed by atoms with Crippen molar-refractivity contribution in [1.82, 2.24) is 14.9 Å². The number of carbonyl (C=O) groups is 1. The van der Waals surface area contributed by atoms with E-state index in [1.54, 1.807) is 6.07 Å². The number of halogens is 2. The van der Waals surface area contributed by atoms with E-state index in [-0.39, 0.29) is 11.3 Å². The Hall–Kier alpha value is -1.26. The van der Waals surface area contributed by atoms with Gasteiger partial charge in [-0.05, 0) is 39.0 Å². The van der Waals surface area contributed by atoms with Gasteiger partial charge in [0.1, 0.15) is 11.9 Å². The highest BCUT2D eigenvalue weighted by molar-refractivity contribution is 6.31. The van der Waals surface area contributed by atoms with Crippen LogP contribution in [0.25, 0.3) is 11.0 Å². The van der Waals surface area contributed by atoms with Crippen molar-refractivity contribution in [2.75, 3.05) is 6.54 Å². The van der Waals surface area contributed by atoms with Crippen molar-refractivity contribution in [3.63, 3.8) is 0 Å². The number of benzene rings is 1. The summed E-state index contributed by atoms with van der Waals surface area (Å²) in [6, 6.07) is 5.03. The molecule has 0 bridgehead atoms. The highest BCUT2D eigenvalue weighted by Gasteiger charge is 2.23. The van der Waals surface area contributed by atoms with Gasteiger partial charge < -0.3 is 9.88 Å². The summed E-state index contributed by atoms with van der Waals surface area (Å²) in [4.78, 5) is 16.6. The number of alkyl halides is 1. The molecule has 108 valence electrons. The zero-order valence-electron chi connectivity index (χ0n) is 11.7. The fourth-order valence-electron chi connectivity index (χ4n) is 2.21. The number of rotatable bonds is 4. The van der Waals surface area contributed by atoms with E-state index in [0.29, 0.717) is 17.4 Å². The van der Waals surface area contributed by atoms with Crippen LogP contribution in [-0.2, 0) is 4.79 Å². The first kappa shape index (κ1) is 15.1. The zero-order chi connectivity index (χ0) is 14.9. The minimum Gasteiger partial charge on any atom is -0.355 e. The molecule has 1 N–H and O–H groups in total. The number of hydrogen-bond acceptors (Lipinski definition) is 2. The molecule has 0 spiro atoms. The topological polar surface area (TPSA) is 46.9 Å². The van der Waals surface area contributed by atoms with Crippen LogP contribution >= 0.6 is 23.2 Å². The zero-order valence-corrected chi connectivity index (χ0v) is 13.2. The molecule has 1 amide bonds. The van der Waals surface area contributed by atoms with Gasteiger partial charge in [0, 0.05) is 11.6 Å². The molecule has 1 aromatic carbocycles. The third-order valence-corrected chi connectivity index (χ3v) is 3.58. The molecule has 6 heteroatoms. The van der Waals surface area contributed by atoms with Crippen molar-refractivity contribution in [3.8, 4) is 0 Å². The highest BCUT2D eigenvalue weighted by atomic mass is 35.5. The number of amides is 1. The second-order valence-corrected chi connectivity index (χ2v) is 5.75. The van der Waals surface area contributed by atoms with Gasteiger partial charge in [-0.1, -0.05) is 11.6 Å². The van der Waals surface area contributed by atoms with Gasteiger partial charge in [0.05, 0.1) is 16.4 Å². The molecule has 0 saturated heterocycles. The van der Waals surface area contributed by atoms with Crippen LogP contribution in [-0.4, -0.2) is 22.0 Å². The summed E-state index contributed by atoms with van der Waals surface area (Å²) < 4.78 is 1.85. The number of nitrogens with one attached hydrogen (secondary N) is 1. The molecule has 0 radical (unpaired) electrons. The second-order valence-electron chi connectivity index (χ2n) is 4.66. The van der Waals surface area contributed by atoms with E-state index in [1.165, 1.54) is 0 Å². The summed E-state index contributed by atoms with van der Waals surface area (Å²) in [6.07, 6.45) is 0. The van der Waals surface area contributed by atoms with Crippen LogP contribution < -0.4 is 5.32 Å². The molecule has 0 aliphatic heterocycles. The van der Waals surface area contributed by atoms with Crippen molar-refractivity contribution in [1.29, 1.82) is 0 Å². The van der Waals surface area contributed by atoms with Gasteiger partial charge in [0.2, 0.25) is 5.91 Å². The average Bonchev–Trinajstić information content (AvgIpc) is 2.76. The Morgan fingerprint density at radius 3 is 2.75 bits per heavy atom. The number of fused-ring (bicyclic) bond motifs is 1. The summed E-state index contributed by atoms with van der Waals surface area (Å²) in [5.74, 6) is 0.605. The summed E-state index contributed by atoms with van der Waals surface area (Å²) in [5, 5.41) is 3.13. The van der Waals surface area contributed by atoms with Gasteiger partial charge in [-0.3, -0.25) is 4.79 Å². The molecule has 0 fully saturated rings. The monoisotopic (exact) mass is 313 g/mol. The molecule has 2 unspecified atom stereocenters. The first-order chi connectivity index (χ1) is 9.45. The maximum absolute atomic E-state index is 12.1. The molecule has 2 aromatic rings. The minimum atomic E-state index is -0.394. The van der Waals surface area contributed by atoms with Crippen LogP contribution in [0.2, 0.25) is 5.02 Å². The average molecular weight is 314 g/mol. The standard InChI is InChI=1S/C14H17Cl2N3O/c1-4-17-14(20)9(3)19-12-7-10(16)5-6-11(12)18-13(19)8(2)15/h5-9H,4H2,1-3H3,(H,17,20). The highest BCUT2D eigenvalue weighted by Crippen LogP contribution is 2.29. The molecule has 0 aliphatic carbocycles. The Morgan fingerprint density at radius 2 is 2.15 bits per heavy atom. The van der Waals surface area contributed by atoms with Crippen LogP contribution in [0.4, 0.5) is 0 Å². The lowest BCUT2D eigenvalue weighted by atomic mass is 10.2. The van der Waals surface area contributed by atoms with Crippen LogP contribution in [0.1, 0.15) is 38.0 Å². The molecule has 2 rings (SSSR count). The van der Waals surface area contributed by atoms with E-state index in [1.807, 2.05) is 37.5 Å². The molecule has 0 aliphatic rings. The number of nitrogens with zero attached hydrogens (tertiary/aromatic N) is 2. The number of carbonyl (C=O) groups excluding carboxylic acids is 1. The van der Waals surface area contributed by atoms with Gasteiger partial charge in [-0.15, -0.1) is 11.6 Å². The van der Waals surface area contributed by atoms with Crippen molar-refractivity contribution in [3.05, 3.63) is 29.0 Å². The largest absolute Gasteiger partial charge is 0.355 e. The van der Waals surface area contributed by atoms with Gasteiger partial charge in [0.25, 0.3) is 0 Å². The van der Waals surface area contributed by atoms with Gasteiger partial charge in [-0.2, -0.15) is 0 Å². The molecular weight excluding hydrogens is 297 g/mol. The lowest BCUT2D eigenvalue weighted by molar-refractivity contribution is -0.123. The first-order valence-electron chi connectivity index (χ1n) is 6.54. The maximum Gasteiger partial charge on any atom is 0.242 e. The Kier molecular flexibility index (Phi) is 4.55. The van der Waals surface area contributed by atoms with E-state index < -0.39 is 6.04 Å². The Morgan fingerprint density at radius 1 is 1.45 bits per heavy atom. The number of imidazole rings is 1. The molecular formula is C14H17Cl2N3O. The van der Waals surface area contributed by atoms with Crippen molar-refractivity contribution >= 4 is 40.1 Å². The van der Waals surface area contributed by atoms with E-state index in [4.69, 9.17) is 23.2 Å². The Labute approximate surface area is 128 Å². The maximum atomic E-state index is 12.1. The van der Waals surface area contributed by atoms with Crippen molar-refractivity contribution in [2.45, 2.75) is 32.2 Å². The molecule has 2 atom stereocenters. The SMILES string of the molecule is CCNC(=O)C(C)n1c(C(C)Cl)nc2ccc(Cl)cc21. The number of hydrogen-bond donors (Lipinski definition) is 1. The van der Waals surface area contributed by atoms with Gasteiger partial charge in [-0.25, -0.2) is 4.98 Å². The van der Waals surface area contributed by atoms with Crippen LogP contribution in [0, 0.1) is 0 Å². The Balaban J connectivity index is 2.61. The summed E-state index contributed by atoms with van der Waals surface area (Å²) in [7, 11) is 0. The number of aromatic nitrogens is 2. The third-order valence-electron chi connectivity index (χ3n) is 3.15. The second kappa shape index (κ2) is 6.02. The van der Waals surface area contributed by atoms with Crippen LogP contribution in [0.5, 0.6) is 0 Å². The minimum absolute atomic E-state index is 0.0645. The predicted molar refractivity (Wildman–Crippen MR) is 82.4 cm³/mol. The van der Waals surface area contributed by atoms with Gasteiger partial charge in [0.15, 0.2) is 0 Å². The van der Waals surface area contributed by atoms with Crippen molar-refractivity contribution < 1.29 is 4.79 Å². The van der Waals surface area contributed by atoms with E-state index in [2.05, 4.69) is 10.3 Å². The normalized spacial score (nSPS) is 14.2. The number of likely N-dealkylation sites (N-methyl/N-ethyl adjacent to an activating group) is 1.